The van der Waals surface area contributed by atoms with Crippen LogP contribution in [0.3, 0.4) is 0 Å². The molecule has 3 heterocycles. The highest BCUT2D eigenvalue weighted by Crippen LogP contribution is 2.42. The first-order valence-corrected chi connectivity index (χ1v) is 12.9. The van der Waals surface area contributed by atoms with Crippen LogP contribution < -0.4 is 5.32 Å². The van der Waals surface area contributed by atoms with Gasteiger partial charge in [0, 0.05) is 24.2 Å². The molecule has 0 saturated heterocycles. The minimum atomic E-state index is 0.840. The van der Waals surface area contributed by atoms with Gasteiger partial charge in [0.25, 0.3) is 0 Å². The average Bonchev–Trinajstić information content (AvgIpc) is 3.35. The van der Waals surface area contributed by atoms with Crippen molar-refractivity contribution < 1.29 is 0 Å². The maximum Gasteiger partial charge on any atom is 0.189 e. The number of fused-ring (bicyclic) bond motifs is 5. The molecule has 1 N–H and O–H groups in total. The topological polar surface area (TPSA) is 53.9 Å². The first-order valence-electron chi connectivity index (χ1n) is 10.8. The Hall–Kier alpha value is -1.44. The van der Waals surface area contributed by atoms with Crippen molar-refractivity contribution in [2.45, 2.75) is 58.0 Å². The van der Waals surface area contributed by atoms with E-state index in [9.17, 15) is 0 Å². The first kappa shape index (κ1) is 20.8. The number of hydrogen-bond acceptors (Lipinski definition) is 7. The van der Waals surface area contributed by atoms with Gasteiger partial charge in [-0.15, -0.1) is 11.3 Å². The number of anilines is 1. The van der Waals surface area contributed by atoms with Gasteiger partial charge in [-0.25, -0.2) is 15.0 Å². The predicted molar refractivity (Wildman–Crippen MR) is 127 cm³/mol. The van der Waals surface area contributed by atoms with Crippen LogP contribution in [0.1, 0.15) is 50.4 Å². The second kappa shape index (κ2) is 9.14. The molecule has 1 aliphatic carbocycles. The van der Waals surface area contributed by atoms with E-state index in [-0.39, 0.29) is 0 Å². The highest BCUT2D eigenvalue weighted by molar-refractivity contribution is 7.98. The Kier molecular flexibility index (Phi) is 6.56. The van der Waals surface area contributed by atoms with Gasteiger partial charge >= 0.3 is 0 Å². The van der Waals surface area contributed by atoms with E-state index in [1.54, 1.807) is 23.1 Å². The standard InChI is InChI=1S/C22H31N5S2/c1-5-9-16-14-10-8-11-15(14)17-18-19(29-21(17)24-16)20(26-22(25-18)28-4)23-12-13-27(6-2)7-3/h5-13H2,1-4H3,(H,23,25,26). The number of nitrogens with zero attached hydrogens (tertiary/aromatic N) is 4. The highest BCUT2D eigenvalue weighted by Gasteiger charge is 2.24. The van der Waals surface area contributed by atoms with Gasteiger partial charge in [-0.2, -0.15) is 0 Å². The molecule has 156 valence electrons. The predicted octanol–water partition coefficient (Wildman–Crippen LogP) is 5.16. The highest BCUT2D eigenvalue weighted by atomic mass is 32.2. The summed E-state index contributed by atoms with van der Waals surface area (Å²) in [5, 5.41) is 5.74. The lowest BCUT2D eigenvalue weighted by Gasteiger charge is -2.18. The van der Waals surface area contributed by atoms with Crippen molar-refractivity contribution in [3.63, 3.8) is 0 Å². The van der Waals surface area contributed by atoms with Gasteiger partial charge in [0.15, 0.2) is 5.16 Å². The third kappa shape index (κ3) is 3.97. The molecule has 0 saturated carbocycles. The fourth-order valence-corrected chi connectivity index (χ4v) is 5.85. The summed E-state index contributed by atoms with van der Waals surface area (Å²) in [6, 6.07) is 0. The molecule has 0 atom stereocenters. The van der Waals surface area contributed by atoms with E-state index < -0.39 is 0 Å². The van der Waals surface area contributed by atoms with E-state index in [1.165, 1.54) is 35.0 Å². The zero-order valence-corrected chi connectivity index (χ0v) is 19.6. The summed E-state index contributed by atoms with van der Waals surface area (Å²) in [7, 11) is 0. The van der Waals surface area contributed by atoms with Gasteiger partial charge < -0.3 is 10.2 Å². The van der Waals surface area contributed by atoms with E-state index in [0.29, 0.717) is 0 Å². The van der Waals surface area contributed by atoms with E-state index in [0.717, 1.165) is 71.5 Å². The van der Waals surface area contributed by atoms with Crippen molar-refractivity contribution in [2.24, 2.45) is 0 Å². The molecule has 0 bridgehead atoms. The SMILES string of the molecule is CCCc1nc2sc3c(NCCN(CC)CC)nc(SC)nc3c2c2c1CCC2. The summed E-state index contributed by atoms with van der Waals surface area (Å²) in [5.41, 5.74) is 5.42. The third-order valence-electron chi connectivity index (χ3n) is 5.88. The van der Waals surface area contributed by atoms with E-state index in [2.05, 4.69) is 37.2 Å². The summed E-state index contributed by atoms with van der Waals surface area (Å²) in [4.78, 5) is 18.4. The van der Waals surface area contributed by atoms with Gasteiger partial charge in [0.1, 0.15) is 10.6 Å². The molecule has 0 radical (unpaired) electrons. The van der Waals surface area contributed by atoms with Crippen LogP contribution in [0.4, 0.5) is 5.82 Å². The van der Waals surface area contributed by atoms with Crippen molar-refractivity contribution in [3.05, 3.63) is 16.8 Å². The van der Waals surface area contributed by atoms with E-state index in [4.69, 9.17) is 15.0 Å². The Morgan fingerprint density at radius 3 is 2.59 bits per heavy atom. The lowest BCUT2D eigenvalue weighted by molar-refractivity contribution is 0.316. The molecule has 5 nitrogen and oxygen atoms in total. The maximum atomic E-state index is 5.11. The first-order chi connectivity index (χ1) is 14.2. The Labute approximate surface area is 181 Å². The fourth-order valence-electron chi connectivity index (χ4n) is 4.35. The van der Waals surface area contributed by atoms with Crippen LogP contribution >= 0.6 is 23.1 Å². The number of aromatic nitrogens is 3. The van der Waals surface area contributed by atoms with Crippen molar-refractivity contribution >= 4 is 49.3 Å². The summed E-state index contributed by atoms with van der Waals surface area (Å²) >= 11 is 3.38. The van der Waals surface area contributed by atoms with Crippen LogP contribution in [0.5, 0.6) is 0 Å². The molecule has 3 aromatic heterocycles. The molecule has 0 amide bonds. The molecule has 0 spiro atoms. The second-order valence-electron chi connectivity index (χ2n) is 7.59. The Morgan fingerprint density at radius 1 is 1.07 bits per heavy atom. The molecule has 0 unspecified atom stereocenters. The van der Waals surface area contributed by atoms with Gasteiger partial charge in [-0.1, -0.05) is 39.0 Å². The number of thioether (sulfide) groups is 1. The second-order valence-corrected chi connectivity index (χ2v) is 9.36. The largest absolute Gasteiger partial charge is 0.367 e. The number of aryl methyl sites for hydroxylation is 2. The Morgan fingerprint density at radius 2 is 1.86 bits per heavy atom. The molecule has 29 heavy (non-hydrogen) atoms. The number of likely N-dealkylation sites (N-methyl/N-ethyl adjacent to an activating group) is 1. The smallest absolute Gasteiger partial charge is 0.189 e. The number of nitrogens with one attached hydrogen (secondary N) is 1. The maximum absolute atomic E-state index is 5.11. The van der Waals surface area contributed by atoms with Crippen LogP contribution in [0.2, 0.25) is 0 Å². The monoisotopic (exact) mass is 429 g/mol. The quantitative estimate of drug-likeness (QED) is 0.375. The molecule has 7 heteroatoms. The fraction of sp³-hybridized carbons (Fsp3) is 0.591. The summed E-state index contributed by atoms with van der Waals surface area (Å²) in [6.07, 6.45) is 7.82. The Balaban J connectivity index is 1.80. The van der Waals surface area contributed by atoms with Crippen molar-refractivity contribution in [3.8, 4) is 0 Å². The Bertz CT molecular complexity index is 1010. The van der Waals surface area contributed by atoms with Gasteiger partial charge in [0.05, 0.1) is 10.2 Å². The van der Waals surface area contributed by atoms with E-state index in [1.807, 2.05) is 0 Å². The van der Waals surface area contributed by atoms with Crippen molar-refractivity contribution in [1.82, 2.24) is 19.9 Å². The molecule has 0 aromatic carbocycles. The zero-order chi connectivity index (χ0) is 20.4. The average molecular weight is 430 g/mol. The van der Waals surface area contributed by atoms with Gasteiger partial charge in [-0.3, -0.25) is 0 Å². The molecule has 4 rings (SSSR count). The van der Waals surface area contributed by atoms with Crippen LogP contribution in [0, 0.1) is 0 Å². The molecule has 0 fully saturated rings. The molecule has 3 aromatic rings. The lowest BCUT2D eigenvalue weighted by atomic mass is 10.0. The molecule has 0 aliphatic heterocycles. The number of thiophene rings is 1. The summed E-state index contributed by atoms with van der Waals surface area (Å²) in [5.74, 6) is 0.971. The lowest BCUT2D eigenvalue weighted by Crippen LogP contribution is -2.28. The van der Waals surface area contributed by atoms with Crippen molar-refractivity contribution in [2.75, 3.05) is 37.8 Å². The summed E-state index contributed by atoms with van der Waals surface area (Å²) < 4.78 is 1.16. The third-order valence-corrected chi connectivity index (χ3v) is 7.51. The van der Waals surface area contributed by atoms with Crippen LogP contribution in [-0.4, -0.2) is 52.3 Å². The minimum Gasteiger partial charge on any atom is -0.367 e. The van der Waals surface area contributed by atoms with Crippen LogP contribution in [-0.2, 0) is 19.3 Å². The number of hydrogen-bond donors (Lipinski definition) is 1. The van der Waals surface area contributed by atoms with Crippen LogP contribution in [0.25, 0.3) is 20.4 Å². The molecular formula is C22H31N5S2. The van der Waals surface area contributed by atoms with E-state index >= 15 is 0 Å². The van der Waals surface area contributed by atoms with Crippen LogP contribution in [0.15, 0.2) is 5.16 Å². The minimum absolute atomic E-state index is 0.840. The van der Waals surface area contributed by atoms with Crippen molar-refractivity contribution in [1.29, 1.82) is 0 Å². The number of pyridine rings is 1. The summed E-state index contributed by atoms with van der Waals surface area (Å²) in [6.45, 7) is 10.7. The van der Waals surface area contributed by atoms with Gasteiger partial charge in [-0.05, 0) is 56.2 Å². The normalized spacial score (nSPS) is 13.7. The zero-order valence-electron chi connectivity index (χ0n) is 18.0. The molecular weight excluding hydrogens is 398 g/mol. The molecule has 1 aliphatic rings. The number of rotatable bonds is 9. The van der Waals surface area contributed by atoms with Gasteiger partial charge in [0.2, 0.25) is 0 Å².